The Kier molecular flexibility index (Phi) is 5.20. The maximum absolute atomic E-state index is 13.1. The summed E-state index contributed by atoms with van der Waals surface area (Å²) in [6, 6.07) is 4.56. The largest absolute Gasteiger partial charge is 0.505 e. The van der Waals surface area contributed by atoms with Gasteiger partial charge in [0.05, 0.1) is 0 Å². The molecule has 0 spiro atoms. The summed E-state index contributed by atoms with van der Waals surface area (Å²) in [5, 5.41) is 12.5. The van der Waals surface area contributed by atoms with Gasteiger partial charge in [0.25, 0.3) is 0 Å². The number of hydrogen-bond donors (Lipinski definition) is 2. The van der Waals surface area contributed by atoms with Crippen molar-refractivity contribution in [2.24, 2.45) is 11.8 Å². The monoisotopic (exact) mass is 265 g/mol. The van der Waals surface area contributed by atoms with Gasteiger partial charge in [0, 0.05) is 6.54 Å². The van der Waals surface area contributed by atoms with Gasteiger partial charge in [-0.05, 0) is 48.9 Å². The quantitative estimate of drug-likeness (QED) is 0.793. The number of nitrogens with one attached hydrogen (secondary N) is 1. The van der Waals surface area contributed by atoms with Gasteiger partial charge in [-0.25, -0.2) is 4.39 Å². The van der Waals surface area contributed by atoms with Crippen molar-refractivity contribution in [3.63, 3.8) is 0 Å². The molecule has 1 fully saturated rings. The minimum Gasteiger partial charge on any atom is -0.505 e. The van der Waals surface area contributed by atoms with Crippen molar-refractivity contribution in [3.8, 4) is 5.75 Å². The molecule has 2 nitrogen and oxygen atoms in total. The molecule has 1 aromatic carbocycles. The highest BCUT2D eigenvalue weighted by molar-refractivity contribution is 5.27. The van der Waals surface area contributed by atoms with Crippen LogP contribution in [0.4, 0.5) is 4.39 Å². The van der Waals surface area contributed by atoms with E-state index in [4.69, 9.17) is 5.11 Å². The van der Waals surface area contributed by atoms with Crippen LogP contribution >= 0.6 is 0 Å². The number of benzene rings is 1. The smallest absolute Gasteiger partial charge is 0.165 e. The SMILES string of the molecule is CC1CCCC(CCNCc2ccc(O)c(F)c2)C1. The average Bonchev–Trinajstić information content (AvgIpc) is 2.39. The predicted octanol–water partition coefficient (Wildman–Crippen LogP) is 3.84. The highest BCUT2D eigenvalue weighted by Crippen LogP contribution is 2.30. The van der Waals surface area contributed by atoms with Gasteiger partial charge >= 0.3 is 0 Å². The molecule has 1 aliphatic carbocycles. The van der Waals surface area contributed by atoms with Crippen LogP contribution in [0.15, 0.2) is 18.2 Å². The molecule has 2 atom stereocenters. The summed E-state index contributed by atoms with van der Waals surface area (Å²) >= 11 is 0. The molecule has 1 aliphatic rings. The fourth-order valence-electron chi connectivity index (χ4n) is 3.02. The van der Waals surface area contributed by atoms with Crippen LogP contribution in [0.1, 0.15) is 44.6 Å². The Balaban J connectivity index is 1.67. The topological polar surface area (TPSA) is 32.3 Å². The Labute approximate surface area is 115 Å². The number of hydrogen-bond acceptors (Lipinski definition) is 2. The van der Waals surface area contributed by atoms with Crippen molar-refractivity contribution < 1.29 is 9.50 Å². The summed E-state index contributed by atoms with van der Waals surface area (Å²) in [5.41, 5.74) is 0.882. The summed E-state index contributed by atoms with van der Waals surface area (Å²) in [6.07, 6.45) is 6.69. The van der Waals surface area contributed by atoms with Crippen LogP contribution in [-0.2, 0) is 6.54 Å². The minimum absolute atomic E-state index is 0.278. The third kappa shape index (κ3) is 4.50. The molecule has 19 heavy (non-hydrogen) atoms. The Morgan fingerprint density at radius 3 is 2.95 bits per heavy atom. The molecule has 0 aliphatic heterocycles. The molecular weight excluding hydrogens is 241 g/mol. The number of rotatable bonds is 5. The first-order chi connectivity index (χ1) is 9.15. The highest BCUT2D eigenvalue weighted by Gasteiger charge is 2.18. The number of phenols is 1. The zero-order chi connectivity index (χ0) is 13.7. The van der Waals surface area contributed by atoms with E-state index >= 15 is 0 Å². The maximum atomic E-state index is 13.1. The van der Waals surface area contributed by atoms with Crippen molar-refractivity contribution in [3.05, 3.63) is 29.6 Å². The van der Waals surface area contributed by atoms with Crippen LogP contribution in [0.25, 0.3) is 0 Å². The molecule has 0 bridgehead atoms. The van der Waals surface area contributed by atoms with E-state index in [1.165, 1.54) is 44.2 Å². The van der Waals surface area contributed by atoms with Crippen molar-refractivity contribution in [2.75, 3.05) is 6.54 Å². The standard InChI is InChI=1S/C16H24FNO/c1-12-3-2-4-13(9-12)7-8-18-11-14-5-6-16(19)15(17)10-14/h5-6,10,12-13,18-19H,2-4,7-9,11H2,1H3. The van der Waals surface area contributed by atoms with E-state index in [0.29, 0.717) is 6.54 Å². The Hall–Kier alpha value is -1.09. The summed E-state index contributed by atoms with van der Waals surface area (Å²) in [6.45, 7) is 4.00. The highest BCUT2D eigenvalue weighted by atomic mass is 19.1. The zero-order valence-electron chi connectivity index (χ0n) is 11.7. The van der Waals surface area contributed by atoms with Gasteiger partial charge in [-0.1, -0.05) is 32.3 Å². The van der Waals surface area contributed by atoms with Gasteiger partial charge in [-0.15, -0.1) is 0 Å². The summed E-state index contributed by atoms with van der Waals surface area (Å²) in [7, 11) is 0. The number of aromatic hydroxyl groups is 1. The van der Waals surface area contributed by atoms with Gasteiger partial charge in [0.15, 0.2) is 11.6 Å². The maximum Gasteiger partial charge on any atom is 0.165 e. The first-order valence-corrected chi connectivity index (χ1v) is 7.33. The second-order valence-corrected chi connectivity index (χ2v) is 5.89. The average molecular weight is 265 g/mol. The van der Waals surface area contributed by atoms with E-state index in [0.717, 1.165) is 23.9 Å². The lowest BCUT2D eigenvalue weighted by Gasteiger charge is -2.26. The van der Waals surface area contributed by atoms with Crippen molar-refractivity contribution in [2.45, 2.75) is 45.6 Å². The molecule has 106 valence electrons. The molecule has 3 heteroatoms. The molecule has 1 aromatic rings. The lowest BCUT2D eigenvalue weighted by atomic mass is 9.81. The van der Waals surface area contributed by atoms with Gasteiger partial charge in [0.2, 0.25) is 0 Å². The normalized spacial score (nSPS) is 23.5. The Morgan fingerprint density at radius 1 is 1.37 bits per heavy atom. The molecule has 0 aromatic heterocycles. The van der Waals surface area contributed by atoms with Crippen LogP contribution in [0, 0.1) is 17.7 Å². The Bertz CT molecular complexity index is 408. The van der Waals surface area contributed by atoms with Crippen LogP contribution in [-0.4, -0.2) is 11.7 Å². The molecule has 0 saturated heterocycles. The summed E-state index contributed by atoms with van der Waals surface area (Å²) in [5.74, 6) is 0.915. The molecule has 1 saturated carbocycles. The minimum atomic E-state index is -0.541. The van der Waals surface area contributed by atoms with Crippen LogP contribution in [0.3, 0.4) is 0 Å². The lowest BCUT2D eigenvalue weighted by molar-refractivity contribution is 0.267. The number of phenolic OH excluding ortho intramolecular Hbond substituents is 1. The molecule has 2 unspecified atom stereocenters. The molecule has 2 N–H and O–H groups in total. The first kappa shape index (κ1) is 14.3. The fourth-order valence-corrected chi connectivity index (χ4v) is 3.02. The summed E-state index contributed by atoms with van der Waals surface area (Å²) in [4.78, 5) is 0. The molecule has 2 rings (SSSR count). The van der Waals surface area contributed by atoms with Gasteiger partial charge in [0.1, 0.15) is 0 Å². The Morgan fingerprint density at radius 2 is 2.21 bits per heavy atom. The van der Waals surface area contributed by atoms with Gasteiger partial charge < -0.3 is 10.4 Å². The van der Waals surface area contributed by atoms with E-state index in [1.54, 1.807) is 6.07 Å². The van der Waals surface area contributed by atoms with Gasteiger partial charge in [-0.3, -0.25) is 0 Å². The predicted molar refractivity (Wildman–Crippen MR) is 75.5 cm³/mol. The fraction of sp³-hybridized carbons (Fsp3) is 0.625. The van der Waals surface area contributed by atoms with Crippen molar-refractivity contribution >= 4 is 0 Å². The van der Waals surface area contributed by atoms with E-state index in [1.807, 2.05) is 0 Å². The van der Waals surface area contributed by atoms with E-state index < -0.39 is 5.82 Å². The van der Waals surface area contributed by atoms with Crippen LogP contribution < -0.4 is 5.32 Å². The van der Waals surface area contributed by atoms with E-state index in [9.17, 15) is 4.39 Å². The second kappa shape index (κ2) is 6.90. The molecular formula is C16H24FNO. The van der Waals surface area contributed by atoms with Crippen LogP contribution in [0.5, 0.6) is 5.75 Å². The van der Waals surface area contributed by atoms with Crippen molar-refractivity contribution in [1.29, 1.82) is 0 Å². The second-order valence-electron chi connectivity index (χ2n) is 5.89. The third-order valence-electron chi connectivity index (χ3n) is 4.12. The molecule has 0 amide bonds. The first-order valence-electron chi connectivity index (χ1n) is 7.33. The lowest BCUT2D eigenvalue weighted by Crippen LogP contribution is -2.21. The van der Waals surface area contributed by atoms with Crippen molar-refractivity contribution in [1.82, 2.24) is 5.32 Å². The number of halogens is 1. The summed E-state index contributed by atoms with van der Waals surface area (Å²) < 4.78 is 13.1. The van der Waals surface area contributed by atoms with E-state index in [-0.39, 0.29) is 5.75 Å². The molecule has 0 radical (unpaired) electrons. The third-order valence-corrected chi connectivity index (χ3v) is 4.12. The van der Waals surface area contributed by atoms with Crippen LogP contribution in [0.2, 0.25) is 0 Å². The van der Waals surface area contributed by atoms with Gasteiger partial charge in [-0.2, -0.15) is 0 Å². The zero-order valence-corrected chi connectivity index (χ0v) is 11.7. The van der Waals surface area contributed by atoms with E-state index in [2.05, 4.69) is 12.2 Å². The molecule has 0 heterocycles.